The van der Waals surface area contributed by atoms with E-state index in [-0.39, 0.29) is 18.4 Å². The molecule has 4 rings (SSSR count). The van der Waals surface area contributed by atoms with Gasteiger partial charge in [-0.1, -0.05) is 18.6 Å². The van der Waals surface area contributed by atoms with Crippen LogP contribution in [0.2, 0.25) is 0 Å². The highest BCUT2D eigenvalue weighted by molar-refractivity contribution is 5.95. The number of aliphatic hydroxyl groups is 1. The van der Waals surface area contributed by atoms with Crippen molar-refractivity contribution in [2.24, 2.45) is 11.8 Å². The van der Waals surface area contributed by atoms with Gasteiger partial charge in [-0.3, -0.25) is 4.79 Å². The zero-order valence-electron chi connectivity index (χ0n) is 15.7. The van der Waals surface area contributed by atoms with E-state index in [1.165, 1.54) is 19.3 Å². The quantitative estimate of drug-likeness (QED) is 0.881. The average molecular weight is 368 g/mol. The number of carbonyl (C=O) groups is 1. The van der Waals surface area contributed by atoms with Crippen LogP contribution in [0.4, 0.5) is 0 Å². The van der Waals surface area contributed by atoms with Crippen molar-refractivity contribution in [1.29, 1.82) is 0 Å². The van der Waals surface area contributed by atoms with Crippen LogP contribution < -0.4 is 0 Å². The van der Waals surface area contributed by atoms with E-state index in [9.17, 15) is 9.90 Å². The second-order valence-corrected chi connectivity index (χ2v) is 7.83. The van der Waals surface area contributed by atoms with Crippen LogP contribution in [-0.2, 0) is 0 Å². The normalized spacial score (nSPS) is 23.7. The van der Waals surface area contributed by atoms with Crippen LogP contribution in [0.3, 0.4) is 0 Å². The molecule has 3 heterocycles. The number of carbonyl (C=O) groups excluding carboxylic acids is 1. The minimum atomic E-state index is 0.0444. The first-order chi connectivity index (χ1) is 13.2. The molecule has 0 radical (unpaired) electrons. The number of aliphatic hydroxyl groups excluding tert-OH is 1. The fourth-order valence-corrected chi connectivity index (χ4v) is 4.42. The van der Waals surface area contributed by atoms with Crippen LogP contribution in [-0.4, -0.2) is 60.1 Å². The highest BCUT2D eigenvalue weighted by atomic mass is 16.3. The Hall–Kier alpha value is -2.11. The number of likely N-dealkylation sites (tertiary alicyclic amines) is 2. The van der Waals surface area contributed by atoms with Crippen molar-refractivity contribution < 1.29 is 14.3 Å². The molecule has 144 valence electrons. The predicted molar refractivity (Wildman–Crippen MR) is 104 cm³/mol. The molecule has 2 atom stereocenters. The van der Waals surface area contributed by atoms with Crippen LogP contribution in [0.25, 0.3) is 11.3 Å². The molecular weight excluding hydrogens is 340 g/mol. The van der Waals surface area contributed by atoms with Crippen molar-refractivity contribution in [1.82, 2.24) is 9.80 Å². The molecule has 1 N–H and O–H groups in total. The monoisotopic (exact) mass is 368 g/mol. The van der Waals surface area contributed by atoms with Gasteiger partial charge in [0.15, 0.2) is 0 Å². The van der Waals surface area contributed by atoms with Crippen molar-refractivity contribution in [2.75, 3.05) is 39.3 Å². The smallest absolute Gasteiger partial charge is 0.253 e. The van der Waals surface area contributed by atoms with Crippen molar-refractivity contribution >= 4 is 5.91 Å². The van der Waals surface area contributed by atoms with Crippen LogP contribution in [0.5, 0.6) is 0 Å². The summed E-state index contributed by atoms with van der Waals surface area (Å²) in [7, 11) is 0. The van der Waals surface area contributed by atoms with E-state index in [4.69, 9.17) is 4.42 Å². The van der Waals surface area contributed by atoms with Crippen LogP contribution in [0.1, 0.15) is 29.6 Å². The predicted octanol–water partition coefficient (Wildman–Crippen LogP) is 3.11. The topological polar surface area (TPSA) is 56.9 Å². The maximum atomic E-state index is 13.1. The van der Waals surface area contributed by atoms with Gasteiger partial charge in [-0.2, -0.15) is 0 Å². The molecule has 0 spiro atoms. The Morgan fingerprint density at radius 2 is 1.89 bits per heavy atom. The van der Waals surface area contributed by atoms with Crippen LogP contribution in [0.15, 0.2) is 47.1 Å². The molecule has 1 aromatic heterocycles. The second kappa shape index (κ2) is 8.28. The Bertz CT molecular complexity index is 753. The number of hydrogen-bond donors (Lipinski definition) is 1. The average Bonchev–Trinajstić information content (AvgIpc) is 3.38. The molecule has 2 saturated heterocycles. The van der Waals surface area contributed by atoms with E-state index in [0.717, 1.165) is 37.5 Å². The third-order valence-electron chi connectivity index (χ3n) is 5.95. The number of hydrogen-bond acceptors (Lipinski definition) is 4. The van der Waals surface area contributed by atoms with Crippen LogP contribution >= 0.6 is 0 Å². The van der Waals surface area contributed by atoms with Gasteiger partial charge in [0.05, 0.1) is 6.26 Å². The Kier molecular flexibility index (Phi) is 5.60. The van der Waals surface area contributed by atoms with Crippen molar-refractivity contribution in [3.63, 3.8) is 0 Å². The standard InChI is InChI=1S/C22H28N2O3/c25-16-20-15-24(14-19(20)13-23-9-2-1-3-10-23)22(26)18-7-4-6-17(12-18)21-8-5-11-27-21/h4-8,11-12,19-20,25H,1-3,9-10,13-16H2/t19-,20-/m1/s1. The minimum absolute atomic E-state index is 0.0444. The molecule has 1 aromatic carbocycles. The third-order valence-corrected chi connectivity index (χ3v) is 5.95. The first-order valence-corrected chi connectivity index (χ1v) is 10.0. The van der Waals surface area contributed by atoms with E-state index in [2.05, 4.69) is 4.90 Å². The van der Waals surface area contributed by atoms with Gasteiger partial charge >= 0.3 is 0 Å². The minimum Gasteiger partial charge on any atom is -0.464 e. The lowest BCUT2D eigenvalue weighted by Crippen LogP contribution is -2.37. The van der Waals surface area contributed by atoms with E-state index >= 15 is 0 Å². The lowest BCUT2D eigenvalue weighted by atomic mass is 9.95. The Balaban J connectivity index is 1.45. The summed E-state index contributed by atoms with van der Waals surface area (Å²) in [4.78, 5) is 17.5. The summed E-state index contributed by atoms with van der Waals surface area (Å²) < 4.78 is 5.45. The van der Waals surface area contributed by atoms with Gasteiger partial charge in [-0.05, 0) is 56.1 Å². The number of furan rings is 1. The maximum absolute atomic E-state index is 13.1. The summed E-state index contributed by atoms with van der Waals surface area (Å²) in [6, 6.07) is 11.4. The van der Waals surface area contributed by atoms with Crippen molar-refractivity contribution in [3.05, 3.63) is 48.2 Å². The summed E-state index contributed by atoms with van der Waals surface area (Å²) >= 11 is 0. The van der Waals surface area contributed by atoms with Gasteiger partial charge in [0.1, 0.15) is 5.76 Å². The fourth-order valence-electron chi connectivity index (χ4n) is 4.42. The molecule has 2 aliphatic heterocycles. The first-order valence-electron chi connectivity index (χ1n) is 10.0. The Labute approximate surface area is 160 Å². The SMILES string of the molecule is O=C(c1cccc(-c2ccco2)c1)N1C[C@@H](CN2CCCCC2)[C@@H](CO)C1. The fraction of sp³-hybridized carbons (Fsp3) is 0.500. The van der Waals surface area contributed by atoms with Crippen LogP contribution in [0, 0.1) is 11.8 Å². The van der Waals surface area contributed by atoms with E-state index < -0.39 is 0 Å². The van der Waals surface area contributed by atoms with Crippen molar-refractivity contribution in [2.45, 2.75) is 19.3 Å². The number of rotatable bonds is 5. The van der Waals surface area contributed by atoms with Gasteiger partial charge < -0.3 is 19.3 Å². The maximum Gasteiger partial charge on any atom is 0.253 e. The zero-order chi connectivity index (χ0) is 18.6. The molecule has 2 aromatic rings. The molecule has 1 amide bonds. The van der Waals surface area contributed by atoms with E-state index in [1.807, 2.05) is 41.3 Å². The van der Waals surface area contributed by atoms with E-state index in [1.54, 1.807) is 6.26 Å². The van der Waals surface area contributed by atoms with Crippen molar-refractivity contribution in [3.8, 4) is 11.3 Å². The van der Waals surface area contributed by atoms with Gasteiger partial charge in [-0.15, -0.1) is 0 Å². The first kappa shape index (κ1) is 18.3. The second-order valence-electron chi connectivity index (χ2n) is 7.83. The van der Waals surface area contributed by atoms with Gasteiger partial charge in [0.25, 0.3) is 5.91 Å². The largest absolute Gasteiger partial charge is 0.464 e. The number of amides is 1. The molecule has 2 fully saturated rings. The number of benzene rings is 1. The van der Waals surface area contributed by atoms with Gasteiger partial charge in [-0.25, -0.2) is 0 Å². The molecule has 0 unspecified atom stereocenters. The number of piperidine rings is 1. The Morgan fingerprint density at radius 1 is 1.07 bits per heavy atom. The Morgan fingerprint density at radius 3 is 2.63 bits per heavy atom. The molecular formula is C22H28N2O3. The summed E-state index contributed by atoms with van der Waals surface area (Å²) in [5.74, 6) is 1.33. The van der Waals surface area contributed by atoms with E-state index in [0.29, 0.717) is 18.0 Å². The molecule has 5 nitrogen and oxygen atoms in total. The molecule has 2 aliphatic rings. The van der Waals surface area contributed by atoms with Gasteiger partial charge in [0, 0.05) is 43.3 Å². The highest BCUT2D eigenvalue weighted by Gasteiger charge is 2.36. The number of nitrogens with zero attached hydrogens (tertiary/aromatic N) is 2. The molecule has 0 aliphatic carbocycles. The van der Waals surface area contributed by atoms with Gasteiger partial charge in [0.2, 0.25) is 0 Å². The lowest BCUT2D eigenvalue weighted by molar-refractivity contribution is 0.0778. The summed E-state index contributed by atoms with van der Waals surface area (Å²) in [6.45, 7) is 4.79. The molecule has 0 saturated carbocycles. The lowest BCUT2D eigenvalue weighted by Gasteiger charge is -2.30. The summed E-state index contributed by atoms with van der Waals surface area (Å²) in [6.07, 6.45) is 5.49. The molecule has 27 heavy (non-hydrogen) atoms. The zero-order valence-corrected chi connectivity index (χ0v) is 15.7. The molecule has 0 bridgehead atoms. The molecule has 5 heteroatoms. The third kappa shape index (κ3) is 4.09. The summed E-state index contributed by atoms with van der Waals surface area (Å²) in [5.41, 5.74) is 1.59. The summed E-state index contributed by atoms with van der Waals surface area (Å²) in [5, 5.41) is 9.84. The highest BCUT2D eigenvalue weighted by Crippen LogP contribution is 2.28.